The van der Waals surface area contributed by atoms with Crippen LogP contribution in [0.15, 0.2) is 54.2 Å². The van der Waals surface area contributed by atoms with E-state index >= 15 is 8.78 Å². The molecule has 2 aromatic carbocycles. The number of hydrogen-bond donors (Lipinski definition) is 1. The van der Waals surface area contributed by atoms with Crippen molar-refractivity contribution in [2.45, 2.75) is 69.8 Å². The van der Waals surface area contributed by atoms with Gasteiger partial charge in [0.25, 0.3) is 0 Å². The van der Waals surface area contributed by atoms with E-state index in [1.807, 2.05) is 6.07 Å². The first kappa shape index (κ1) is 24.5. The Morgan fingerprint density at radius 1 is 1.09 bits per heavy atom. The van der Waals surface area contributed by atoms with Crippen LogP contribution >= 0.6 is 0 Å². The van der Waals surface area contributed by atoms with Gasteiger partial charge in [0.15, 0.2) is 5.78 Å². The minimum absolute atomic E-state index is 0.00430. The van der Waals surface area contributed by atoms with Crippen molar-refractivity contribution in [1.29, 1.82) is 0 Å². The Morgan fingerprint density at radius 2 is 1.82 bits per heavy atom. The van der Waals surface area contributed by atoms with Gasteiger partial charge in [-0.3, -0.25) is 4.79 Å². The van der Waals surface area contributed by atoms with E-state index in [-0.39, 0.29) is 29.5 Å². The van der Waals surface area contributed by atoms with E-state index < -0.39 is 32.9 Å². The zero-order chi connectivity index (χ0) is 24.5. The predicted molar refractivity (Wildman–Crippen MR) is 127 cm³/mol. The molecule has 1 aliphatic carbocycles. The van der Waals surface area contributed by atoms with Gasteiger partial charge >= 0.3 is 0 Å². The Balaban J connectivity index is 1.56. The van der Waals surface area contributed by atoms with Gasteiger partial charge in [0.1, 0.15) is 16.9 Å². The average Bonchev–Trinajstić information content (AvgIpc) is 2.79. The van der Waals surface area contributed by atoms with Crippen LogP contribution < -0.4 is 5.32 Å². The van der Waals surface area contributed by atoms with Gasteiger partial charge in [-0.1, -0.05) is 30.3 Å². The van der Waals surface area contributed by atoms with Crippen molar-refractivity contribution < 1.29 is 22.0 Å². The van der Waals surface area contributed by atoms with Gasteiger partial charge in [-0.05, 0) is 57.2 Å². The predicted octanol–water partition coefficient (Wildman–Crippen LogP) is 5.31. The molecule has 0 radical (unpaired) electrons. The van der Waals surface area contributed by atoms with Crippen LogP contribution in [0.1, 0.15) is 73.9 Å². The highest BCUT2D eigenvalue weighted by atomic mass is 32.2. The van der Waals surface area contributed by atoms with Crippen molar-refractivity contribution in [1.82, 2.24) is 9.62 Å². The molecule has 5 nitrogen and oxygen atoms in total. The number of carbonyl (C=O) groups excluding carboxylic acids is 1. The molecule has 2 aliphatic rings. The highest BCUT2D eigenvalue weighted by Crippen LogP contribution is 2.38. The third kappa shape index (κ3) is 5.08. The summed E-state index contributed by atoms with van der Waals surface area (Å²) in [4.78, 5) is 11.6. The maximum atomic E-state index is 15.1. The lowest BCUT2D eigenvalue weighted by molar-refractivity contribution is -0.115. The highest BCUT2D eigenvalue weighted by molar-refractivity contribution is 7.89. The van der Waals surface area contributed by atoms with E-state index in [0.29, 0.717) is 36.9 Å². The zero-order valence-corrected chi connectivity index (χ0v) is 20.2. The minimum Gasteiger partial charge on any atom is -0.382 e. The van der Waals surface area contributed by atoms with E-state index in [4.69, 9.17) is 0 Å². The second-order valence-electron chi connectivity index (χ2n) is 9.24. The number of nitrogens with one attached hydrogen (secondary N) is 1. The Labute approximate surface area is 199 Å². The van der Waals surface area contributed by atoms with Crippen molar-refractivity contribution >= 4 is 15.8 Å². The summed E-state index contributed by atoms with van der Waals surface area (Å²) >= 11 is 0. The molecule has 0 amide bonds. The summed E-state index contributed by atoms with van der Waals surface area (Å²) in [6.07, 6.45) is 4.56. The standard InChI is InChI=1S/C26H30F2N2O3S/c1-17-11-12-26(19-7-4-3-5-8-19)34(32,33)30(17)16-20-13-25(28)23(15-24(20)27)18(2)29-21-9-6-10-22(31)14-21/h3-5,7-8,13-15,17-18,26,29H,6,9-12,16H2,1-2H3/t17-,18+,26+/m0/s1. The number of carbonyl (C=O) groups is 1. The summed E-state index contributed by atoms with van der Waals surface area (Å²) < 4.78 is 58.3. The fourth-order valence-electron chi connectivity index (χ4n) is 4.84. The summed E-state index contributed by atoms with van der Waals surface area (Å²) in [6.45, 7) is 3.28. The topological polar surface area (TPSA) is 66.5 Å². The Kier molecular flexibility index (Phi) is 7.19. The second-order valence-corrected chi connectivity index (χ2v) is 11.3. The summed E-state index contributed by atoms with van der Waals surface area (Å²) in [5.74, 6) is -1.24. The number of rotatable bonds is 6. The normalized spacial score (nSPS) is 23.9. The highest BCUT2D eigenvalue weighted by Gasteiger charge is 2.40. The largest absolute Gasteiger partial charge is 0.382 e. The maximum Gasteiger partial charge on any atom is 0.221 e. The van der Waals surface area contributed by atoms with E-state index in [1.165, 1.54) is 10.4 Å². The second kappa shape index (κ2) is 9.96. The van der Waals surface area contributed by atoms with Gasteiger partial charge < -0.3 is 5.32 Å². The number of nitrogens with zero attached hydrogens (tertiary/aromatic N) is 1. The van der Waals surface area contributed by atoms with Gasteiger partial charge in [0, 0.05) is 41.9 Å². The van der Waals surface area contributed by atoms with Crippen LogP contribution in [0.5, 0.6) is 0 Å². The molecule has 8 heteroatoms. The van der Waals surface area contributed by atoms with Crippen LogP contribution in [0.3, 0.4) is 0 Å². The van der Waals surface area contributed by atoms with Crippen LogP contribution in [0.4, 0.5) is 8.78 Å². The molecule has 1 N–H and O–H groups in total. The van der Waals surface area contributed by atoms with Crippen molar-refractivity contribution in [3.8, 4) is 0 Å². The number of hydrogen-bond acceptors (Lipinski definition) is 4. The van der Waals surface area contributed by atoms with E-state index in [2.05, 4.69) is 5.32 Å². The van der Waals surface area contributed by atoms with E-state index in [1.54, 1.807) is 38.1 Å². The molecule has 1 saturated heterocycles. The van der Waals surface area contributed by atoms with Crippen LogP contribution in [0.25, 0.3) is 0 Å². The summed E-state index contributed by atoms with van der Waals surface area (Å²) in [6, 6.07) is 10.4. The van der Waals surface area contributed by atoms with Crippen LogP contribution in [0, 0.1) is 11.6 Å². The van der Waals surface area contributed by atoms with Crippen molar-refractivity contribution in [2.75, 3.05) is 0 Å². The van der Waals surface area contributed by atoms with Crippen LogP contribution in [-0.2, 0) is 21.4 Å². The van der Waals surface area contributed by atoms with Gasteiger partial charge in [-0.15, -0.1) is 0 Å². The molecule has 1 fully saturated rings. The molecule has 1 heterocycles. The molecule has 0 spiro atoms. The SMILES string of the molecule is C[C@@H](NC1=CC(=O)CCC1)c1cc(F)c(CN2[C@@H](C)CC[C@H](c3ccccc3)S2(=O)=O)cc1F. The molecule has 3 atom stereocenters. The average molecular weight is 489 g/mol. The Morgan fingerprint density at radius 3 is 2.53 bits per heavy atom. The fourth-order valence-corrected chi connectivity index (χ4v) is 7.03. The summed E-state index contributed by atoms with van der Waals surface area (Å²) in [5.41, 5.74) is 1.56. The first-order valence-corrected chi connectivity index (χ1v) is 13.2. The van der Waals surface area contributed by atoms with E-state index in [9.17, 15) is 13.2 Å². The van der Waals surface area contributed by atoms with Gasteiger partial charge in [-0.25, -0.2) is 17.2 Å². The minimum atomic E-state index is -3.75. The molecule has 4 rings (SSSR count). The zero-order valence-electron chi connectivity index (χ0n) is 19.4. The van der Waals surface area contributed by atoms with Gasteiger partial charge in [0.2, 0.25) is 10.0 Å². The Bertz CT molecular complexity index is 1200. The third-order valence-corrected chi connectivity index (χ3v) is 9.13. The van der Waals surface area contributed by atoms with Crippen molar-refractivity contribution in [3.05, 3.63) is 82.6 Å². The molecular formula is C26H30F2N2O3S. The van der Waals surface area contributed by atoms with Crippen molar-refractivity contribution in [2.24, 2.45) is 0 Å². The number of sulfonamides is 1. The quantitative estimate of drug-likeness (QED) is 0.599. The first-order valence-electron chi connectivity index (χ1n) is 11.7. The number of benzene rings is 2. The smallest absolute Gasteiger partial charge is 0.221 e. The van der Waals surface area contributed by atoms with Gasteiger partial charge in [-0.2, -0.15) is 4.31 Å². The molecule has 1 aliphatic heterocycles. The van der Waals surface area contributed by atoms with Crippen LogP contribution in [-0.4, -0.2) is 24.5 Å². The molecule has 34 heavy (non-hydrogen) atoms. The lowest BCUT2D eigenvalue weighted by Crippen LogP contribution is -2.44. The molecule has 0 saturated carbocycles. The summed E-state index contributed by atoms with van der Waals surface area (Å²) in [7, 11) is -3.75. The van der Waals surface area contributed by atoms with Crippen molar-refractivity contribution in [3.63, 3.8) is 0 Å². The monoisotopic (exact) mass is 488 g/mol. The third-order valence-electron chi connectivity index (χ3n) is 6.76. The fraction of sp³-hybridized carbons (Fsp3) is 0.423. The maximum absolute atomic E-state index is 15.1. The number of halogens is 2. The lowest BCUT2D eigenvalue weighted by Gasteiger charge is -2.37. The molecule has 0 aromatic heterocycles. The number of ketones is 1. The molecule has 2 aromatic rings. The lowest BCUT2D eigenvalue weighted by atomic mass is 10.00. The number of allylic oxidation sites excluding steroid dienone is 2. The molecule has 182 valence electrons. The Hall–Kier alpha value is -2.58. The molecular weight excluding hydrogens is 458 g/mol. The van der Waals surface area contributed by atoms with Crippen LogP contribution in [0.2, 0.25) is 0 Å². The first-order chi connectivity index (χ1) is 16.2. The molecule has 0 unspecified atom stereocenters. The molecule has 0 bridgehead atoms. The van der Waals surface area contributed by atoms with Gasteiger partial charge in [0.05, 0.1) is 6.04 Å². The van der Waals surface area contributed by atoms with E-state index in [0.717, 1.165) is 18.6 Å². The summed E-state index contributed by atoms with van der Waals surface area (Å²) in [5, 5.41) is 2.40.